The lowest BCUT2D eigenvalue weighted by atomic mass is 9.72. The van der Waals surface area contributed by atoms with Gasteiger partial charge < -0.3 is 0 Å². The lowest BCUT2D eigenvalue weighted by molar-refractivity contribution is 0.188. The van der Waals surface area contributed by atoms with Crippen LogP contribution in [0.2, 0.25) is 0 Å². The second-order valence-corrected chi connectivity index (χ2v) is 6.71. The second kappa shape index (κ2) is 9.73. The Balaban J connectivity index is 2.07. The molecule has 6 atom stereocenters. The van der Waals surface area contributed by atoms with Crippen LogP contribution in [0.4, 0.5) is 0 Å². The van der Waals surface area contributed by atoms with E-state index >= 15 is 0 Å². The minimum atomic E-state index is -0.236. The third kappa shape index (κ3) is 5.25. The fourth-order valence-corrected chi connectivity index (χ4v) is 4.15. The van der Waals surface area contributed by atoms with Crippen LogP contribution in [0.5, 0.6) is 0 Å². The van der Waals surface area contributed by atoms with Gasteiger partial charge in [-0.3, -0.25) is 0 Å². The minimum Gasteiger partial charge on any atom is -0.211 e. The fourth-order valence-electron chi connectivity index (χ4n) is 4.15. The molecule has 6 unspecified atom stereocenters. The maximum Gasteiger partial charge on any atom is 0.235 e. The third-order valence-corrected chi connectivity index (χ3v) is 5.37. The van der Waals surface area contributed by atoms with Crippen molar-refractivity contribution in [1.29, 1.82) is 0 Å². The third-order valence-electron chi connectivity index (χ3n) is 5.37. The molecular formula is C17H20N4O4. The predicted molar refractivity (Wildman–Crippen MR) is 86.9 cm³/mol. The van der Waals surface area contributed by atoms with Crippen molar-refractivity contribution in [2.45, 2.75) is 69.1 Å². The largest absolute Gasteiger partial charge is 0.235 e. The summed E-state index contributed by atoms with van der Waals surface area (Å²) >= 11 is 0. The normalized spacial score (nSPS) is 34.4. The van der Waals surface area contributed by atoms with Crippen LogP contribution >= 0.6 is 0 Å². The van der Waals surface area contributed by atoms with Gasteiger partial charge in [0, 0.05) is 0 Å². The van der Waals surface area contributed by atoms with Gasteiger partial charge >= 0.3 is 0 Å². The van der Waals surface area contributed by atoms with Gasteiger partial charge in [-0.05, 0) is 56.8 Å². The Kier molecular flexibility index (Phi) is 7.34. The first-order chi connectivity index (χ1) is 12.2. The molecule has 0 spiro atoms. The first kappa shape index (κ1) is 18.9. The molecule has 2 aliphatic rings. The molecule has 8 heteroatoms. The molecule has 0 aromatic rings. The first-order valence-corrected chi connectivity index (χ1v) is 8.49. The molecule has 132 valence electrons. The summed E-state index contributed by atoms with van der Waals surface area (Å²) in [7, 11) is 0. The Morgan fingerprint density at radius 3 is 1.36 bits per heavy atom. The lowest BCUT2D eigenvalue weighted by Crippen LogP contribution is -2.36. The molecule has 0 N–H and O–H groups in total. The standard InChI is InChI=1S/C17H20N4O4/c22-8-18-14-3-1-12(16(6-14)20-10-24)5-13-2-4-15(19-9-23)7-17(13)21-11-25/h12-17H,1-7H2. The van der Waals surface area contributed by atoms with Gasteiger partial charge in [0.05, 0.1) is 24.2 Å². The molecule has 2 fully saturated rings. The molecule has 2 aliphatic carbocycles. The molecule has 2 saturated carbocycles. The quantitative estimate of drug-likeness (QED) is 0.539. The predicted octanol–water partition coefficient (Wildman–Crippen LogP) is 1.79. The summed E-state index contributed by atoms with van der Waals surface area (Å²) in [4.78, 5) is 57.7. The number of aliphatic imine (C=N–C) groups is 4. The lowest BCUT2D eigenvalue weighted by Gasteiger charge is -2.37. The van der Waals surface area contributed by atoms with E-state index in [4.69, 9.17) is 0 Å². The van der Waals surface area contributed by atoms with Crippen molar-refractivity contribution in [3.63, 3.8) is 0 Å². The van der Waals surface area contributed by atoms with Crippen molar-refractivity contribution in [1.82, 2.24) is 0 Å². The van der Waals surface area contributed by atoms with Gasteiger partial charge in [0.1, 0.15) is 0 Å². The van der Waals surface area contributed by atoms with E-state index in [0.29, 0.717) is 12.8 Å². The number of carbonyl (C=O) groups excluding carboxylic acids is 4. The molecule has 0 heterocycles. The van der Waals surface area contributed by atoms with Crippen molar-refractivity contribution in [2.24, 2.45) is 31.8 Å². The van der Waals surface area contributed by atoms with Crippen molar-refractivity contribution in [2.75, 3.05) is 0 Å². The zero-order valence-corrected chi connectivity index (χ0v) is 13.8. The average molecular weight is 344 g/mol. The molecule has 0 radical (unpaired) electrons. The number of hydrogen-bond donors (Lipinski definition) is 0. The van der Waals surface area contributed by atoms with Gasteiger partial charge in [-0.1, -0.05) is 0 Å². The summed E-state index contributed by atoms with van der Waals surface area (Å²) < 4.78 is 0. The zero-order valence-electron chi connectivity index (χ0n) is 13.8. The molecular weight excluding hydrogens is 324 g/mol. The number of nitrogens with zero attached hydrogens (tertiary/aromatic N) is 4. The molecule has 8 nitrogen and oxygen atoms in total. The highest BCUT2D eigenvalue weighted by atomic mass is 16.1. The van der Waals surface area contributed by atoms with E-state index < -0.39 is 0 Å². The Morgan fingerprint density at radius 1 is 0.600 bits per heavy atom. The molecule has 0 amide bonds. The van der Waals surface area contributed by atoms with Gasteiger partial charge in [-0.2, -0.15) is 0 Å². The van der Waals surface area contributed by atoms with Crippen LogP contribution < -0.4 is 0 Å². The monoisotopic (exact) mass is 344 g/mol. The Bertz CT molecular complexity index is 600. The van der Waals surface area contributed by atoms with Gasteiger partial charge in [0.25, 0.3) is 0 Å². The van der Waals surface area contributed by atoms with Gasteiger partial charge in [0.15, 0.2) is 0 Å². The van der Waals surface area contributed by atoms with Crippen molar-refractivity contribution in [3.8, 4) is 0 Å². The summed E-state index contributed by atoms with van der Waals surface area (Å²) in [5, 5.41) is 0. The second-order valence-electron chi connectivity index (χ2n) is 6.71. The van der Waals surface area contributed by atoms with Crippen LogP contribution in [0.3, 0.4) is 0 Å². The number of rotatable bonds is 6. The molecule has 0 aromatic carbocycles. The Morgan fingerprint density at radius 2 is 1.00 bits per heavy atom. The van der Waals surface area contributed by atoms with E-state index in [0.717, 1.165) is 32.1 Å². The maximum atomic E-state index is 10.7. The van der Waals surface area contributed by atoms with E-state index in [9.17, 15) is 19.2 Å². The summed E-state index contributed by atoms with van der Waals surface area (Å²) in [6, 6.07) is -0.783. The molecule has 0 aromatic heterocycles. The topological polar surface area (TPSA) is 118 Å². The van der Waals surface area contributed by atoms with Crippen LogP contribution in [-0.4, -0.2) is 48.5 Å². The smallest absolute Gasteiger partial charge is 0.211 e. The van der Waals surface area contributed by atoms with E-state index in [2.05, 4.69) is 20.0 Å². The SMILES string of the molecule is O=C=NC1CCC(CC2CCC(N=C=O)CC2N=C=O)C(N=C=O)C1. The first-order valence-electron chi connectivity index (χ1n) is 8.49. The Labute approximate surface area is 145 Å². The van der Waals surface area contributed by atoms with E-state index in [1.807, 2.05) is 0 Å². The zero-order chi connectivity index (χ0) is 18.1. The van der Waals surface area contributed by atoms with Crippen molar-refractivity contribution >= 4 is 24.3 Å². The molecule has 0 aliphatic heterocycles. The summed E-state index contributed by atoms with van der Waals surface area (Å²) in [6.07, 6.45) is 11.3. The van der Waals surface area contributed by atoms with Crippen LogP contribution in [0.15, 0.2) is 20.0 Å². The van der Waals surface area contributed by atoms with Crippen LogP contribution in [0.25, 0.3) is 0 Å². The molecule has 0 bridgehead atoms. The molecule has 2 rings (SSSR count). The van der Waals surface area contributed by atoms with Crippen molar-refractivity contribution < 1.29 is 19.2 Å². The highest BCUT2D eigenvalue weighted by molar-refractivity contribution is 5.36. The van der Waals surface area contributed by atoms with E-state index in [1.54, 1.807) is 24.3 Å². The fraction of sp³-hybridized carbons (Fsp3) is 0.765. The average Bonchev–Trinajstić information content (AvgIpc) is 2.60. The van der Waals surface area contributed by atoms with Crippen LogP contribution in [-0.2, 0) is 19.2 Å². The van der Waals surface area contributed by atoms with Crippen LogP contribution in [0.1, 0.15) is 44.9 Å². The van der Waals surface area contributed by atoms with Gasteiger partial charge in [-0.25, -0.2) is 39.1 Å². The van der Waals surface area contributed by atoms with E-state index in [1.165, 1.54) is 0 Å². The molecule has 25 heavy (non-hydrogen) atoms. The number of hydrogen-bond acceptors (Lipinski definition) is 8. The molecule has 0 saturated heterocycles. The van der Waals surface area contributed by atoms with Crippen LogP contribution in [0, 0.1) is 11.8 Å². The number of isocyanates is 4. The summed E-state index contributed by atoms with van der Waals surface area (Å²) in [5.41, 5.74) is 0. The summed E-state index contributed by atoms with van der Waals surface area (Å²) in [6.45, 7) is 0. The van der Waals surface area contributed by atoms with Crippen molar-refractivity contribution in [3.05, 3.63) is 0 Å². The highest BCUT2D eigenvalue weighted by Gasteiger charge is 2.37. The minimum absolute atomic E-state index is 0.153. The maximum absolute atomic E-state index is 10.7. The summed E-state index contributed by atoms with van der Waals surface area (Å²) in [5.74, 6) is 0.306. The Hall–Kier alpha value is -2.48. The van der Waals surface area contributed by atoms with Gasteiger partial charge in [-0.15, -0.1) is 0 Å². The van der Waals surface area contributed by atoms with Gasteiger partial charge in [0.2, 0.25) is 24.3 Å². The van der Waals surface area contributed by atoms with E-state index in [-0.39, 0.29) is 36.0 Å². The highest BCUT2D eigenvalue weighted by Crippen LogP contribution is 2.39.